The molecule has 0 spiro atoms. The number of hydrogen-bond donors (Lipinski definition) is 2. The first-order valence-electron chi connectivity index (χ1n) is 10.7. The van der Waals surface area contributed by atoms with Crippen LogP contribution in [-0.4, -0.2) is 19.7 Å². The highest BCUT2D eigenvalue weighted by molar-refractivity contribution is 5.35. The summed E-state index contributed by atoms with van der Waals surface area (Å²) in [5, 5.41) is 6.34. The van der Waals surface area contributed by atoms with Gasteiger partial charge in [-0.05, 0) is 54.1 Å². The molecule has 0 radical (unpaired) electrons. The molecule has 0 bridgehead atoms. The van der Waals surface area contributed by atoms with Gasteiger partial charge in [0.15, 0.2) is 5.88 Å². The van der Waals surface area contributed by atoms with Crippen LogP contribution < -0.4 is 20.1 Å². The van der Waals surface area contributed by atoms with Crippen molar-refractivity contribution in [1.82, 2.24) is 10.6 Å². The van der Waals surface area contributed by atoms with Crippen LogP contribution in [0.4, 0.5) is 0 Å². The Bertz CT molecular complexity index is 1030. The molecule has 0 heterocycles. The first-order chi connectivity index (χ1) is 16.1. The van der Waals surface area contributed by atoms with Crippen LogP contribution in [0.25, 0.3) is 0 Å². The lowest BCUT2D eigenvalue weighted by Gasteiger charge is -2.15. The number of ether oxygens (including phenoxy) is 3. The quantitative estimate of drug-likeness (QED) is 0.244. The molecule has 5 nitrogen and oxygen atoms in total. The van der Waals surface area contributed by atoms with Crippen LogP contribution in [0.5, 0.6) is 17.2 Å². The summed E-state index contributed by atoms with van der Waals surface area (Å²) in [5.74, 6) is 2.81. The topological polar surface area (TPSA) is 51.8 Å². The molecule has 33 heavy (non-hydrogen) atoms. The van der Waals surface area contributed by atoms with Gasteiger partial charge < -0.3 is 24.8 Å². The molecule has 5 heteroatoms. The van der Waals surface area contributed by atoms with Crippen LogP contribution >= 0.6 is 0 Å². The largest absolute Gasteiger partial charge is 0.489 e. The van der Waals surface area contributed by atoms with Gasteiger partial charge in [0.1, 0.15) is 30.5 Å². The second-order valence-corrected chi connectivity index (χ2v) is 7.43. The maximum absolute atomic E-state index is 5.80. The second kappa shape index (κ2) is 12.7. The summed E-state index contributed by atoms with van der Waals surface area (Å²) >= 11 is 0. The van der Waals surface area contributed by atoms with E-state index in [9.17, 15) is 0 Å². The third-order valence-corrected chi connectivity index (χ3v) is 4.59. The summed E-state index contributed by atoms with van der Waals surface area (Å²) in [5.41, 5.74) is 2.80. The summed E-state index contributed by atoms with van der Waals surface area (Å²) in [4.78, 5) is 0. The van der Waals surface area contributed by atoms with E-state index in [0.29, 0.717) is 32.2 Å². The molecule has 3 rings (SSSR count). The van der Waals surface area contributed by atoms with Crippen molar-refractivity contribution in [3.63, 3.8) is 0 Å². The van der Waals surface area contributed by atoms with Gasteiger partial charge in [0.2, 0.25) is 0 Å². The Labute approximate surface area is 196 Å². The lowest BCUT2D eigenvalue weighted by molar-refractivity contribution is 0.180. The predicted molar refractivity (Wildman–Crippen MR) is 133 cm³/mol. The lowest BCUT2D eigenvalue weighted by atomic mass is 10.2. The van der Waals surface area contributed by atoms with Crippen molar-refractivity contribution < 1.29 is 14.2 Å². The SMILES string of the molecule is C=C(CNC(=C)CNC(=C)OCc1ccccc1)COc1ccc(Oc2ccccc2)cc1. The van der Waals surface area contributed by atoms with E-state index in [-0.39, 0.29) is 0 Å². The monoisotopic (exact) mass is 442 g/mol. The maximum Gasteiger partial charge on any atom is 0.179 e. The summed E-state index contributed by atoms with van der Waals surface area (Å²) in [6.07, 6.45) is 0. The van der Waals surface area contributed by atoms with Crippen molar-refractivity contribution in [2.75, 3.05) is 19.7 Å². The van der Waals surface area contributed by atoms with E-state index in [4.69, 9.17) is 14.2 Å². The standard InChI is InChI=1S/C28H30N2O3/c1-22(18-29-23(2)19-30-24(3)31-21-25-10-6-4-7-11-25)20-32-26-14-16-28(17-15-26)33-27-12-8-5-9-13-27/h4-17,29-30H,1-3,18-21H2. The van der Waals surface area contributed by atoms with Gasteiger partial charge in [-0.25, -0.2) is 0 Å². The highest BCUT2D eigenvalue weighted by atomic mass is 16.5. The number of hydrogen-bond acceptors (Lipinski definition) is 5. The molecule has 0 aliphatic carbocycles. The van der Waals surface area contributed by atoms with Crippen molar-refractivity contribution in [2.45, 2.75) is 6.61 Å². The van der Waals surface area contributed by atoms with Gasteiger partial charge in [0.05, 0.1) is 6.54 Å². The van der Waals surface area contributed by atoms with Crippen molar-refractivity contribution in [1.29, 1.82) is 0 Å². The first kappa shape index (κ1) is 23.5. The smallest absolute Gasteiger partial charge is 0.179 e. The third-order valence-electron chi connectivity index (χ3n) is 4.59. The van der Waals surface area contributed by atoms with Crippen LogP contribution in [0.1, 0.15) is 5.56 Å². The van der Waals surface area contributed by atoms with Crippen LogP contribution in [0.15, 0.2) is 122 Å². The van der Waals surface area contributed by atoms with E-state index in [1.54, 1.807) is 0 Å². The van der Waals surface area contributed by atoms with Crippen LogP contribution in [-0.2, 0) is 11.3 Å². The Kier molecular flexibility index (Phi) is 9.04. The summed E-state index contributed by atoms with van der Waals surface area (Å²) < 4.78 is 17.2. The van der Waals surface area contributed by atoms with Crippen LogP contribution in [0, 0.1) is 0 Å². The summed E-state index contributed by atoms with van der Waals surface area (Å²) in [6, 6.07) is 27.1. The minimum Gasteiger partial charge on any atom is -0.489 e. The molecule has 0 fully saturated rings. The Hall–Kier alpha value is -4.12. The first-order valence-corrected chi connectivity index (χ1v) is 10.7. The zero-order chi connectivity index (χ0) is 23.3. The number of para-hydroxylation sites is 1. The average molecular weight is 443 g/mol. The minimum atomic E-state index is 0.402. The van der Waals surface area contributed by atoms with Gasteiger partial charge in [-0.2, -0.15) is 0 Å². The minimum absolute atomic E-state index is 0.402. The predicted octanol–water partition coefficient (Wildman–Crippen LogP) is 5.79. The van der Waals surface area contributed by atoms with Gasteiger partial charge in [0, 0.05) is 12.2 Å². The van der Waals surface area contributed by atoms with Gasteiger partial charge in [-0.15, -0.1) is 0 Å². The van der Waals surface area contributed by atoms with E-state index in [1.807, 2.05) is 84.9 Å². The van der Waals surface area contributed by atoms with Gasteiger partial charge in [0.25, 0.3) is 0 Å². The van der Waals surface area contributed by atoms with E-state index < -0.39 is 0 Å². The Morgan fingerprint density at radius 1 is 0.667 bits per heavy atom. The second-order valence-electron chi connectivity index (χ2n) is 7.43. The Morgan fingerprint density at radius 3 is 1.97 bits per heavy atom. The fourth-order valence-corrected chi connectivity index (χ4v) is 2.78. The highest BCUT2D eigenvalue weighted by Gasteiger charge is 2.02. The molecule has 0 atom stereocenters. The van der Waals surface area contributed by atoms with E-state index in [1.165, 1.54) is 0 Å². The third kappa shape index (κ3) is 8.87. The lowest BCUT2D eigenvalue weighted by Crippen LogP contribution is -2.27. The van der Waals surface area contributed by atoms with Crippen LogP contribution in [0.2, 0.25) is 0 Å². The molecule has 0 saturated heterocycles. The average Bonchev–Trinajstić information content (AvgIpc) is 2.86. The van der Waals surface area contributed by atoms with Crippen molar-refractivity contribution in [3.8, 4) is 17.2 Å². The normalized spacial score (nSPS) is 10.1. The highest BCUT2D eigenvalue weighted by Crippen LogP contribution is 2.23. The number of benzene rings is 3. The number of rotatable bonds is 14. The fourth-order valence-electron chi connectivity index (χ4n) is 2.78. The molecule has 3 aromatic rings. The van der Waals surface area contributed by atoms with Crippen molar-refractivity contribution in [2.24, 2.45) is 0 Å². The van der Waals surface area contributed by atoms with Gasteiger partial charge in [-0.3, -0.25) is 0 Å². The molecular weight excluding hydrogens is 412 g/mol. The zero-order valence-electron chi connectivity index (χ0n) is 18.8. The molecule has 0 unspecified atom stereocenters. The van der Waals surface area contributed by atoms with Crippen molar-refractivity contribution in [3.05, 3.63) is 127 Å². The zero-order valence-corrected chi connectivity index (χ0v) is 18.8. The summed E-state index contributed by atoms with van der Waals surface area (Å²) in [6.45, 7) is 13.9. The molecule has 0 aliphatic rings. The molecule has 0 aliphatic heterocycles. The van der Waals surface area contributed by atoms with Gasteiger partial charge in [-0.1, -0.05) is 61.7 Å². The number of nitrogens with one attached hydrogen (secondary N) is 2. The summed E-state index contributed by atoms with van der Waals surface area (Å²) in [7, 11) is 0. The van der Waals surface area contributed by atoms with E-state index in [2.05, 4.69) is 30.4 Å². The molecule has 3 aromatic carbocycles. The van der Waals surface area contributed by atoms with Crippen molar-refractivity contribution >= 4 is 0 Å². The maximum atomic E-state index is 5.80. The molecule has 0 amide bonds. The molecule has 0 saturated carbocycles. The Balaban J connectivity index is 1.29. The molecular formula is C28H30N2O3. The molecule has 2 N–H and O–H groups in total. The Morgan fingerprint density at radius 2 is 1.27 bits per heavy atom. The fraction of sp³-hybridized carbons (Fsp3) is 0.143. The molecule has 170 valence electrons. The van der Waals surface area contributed by atoms with Gasteiger partial charge >= 0.3 is 0 Å². The van der Waals surface area contributed by atoms with E-state index in [0.717, 1.165) is 34.1 Å². The molecule has 0 aromatic heterocycles. The van der Waals surface area contributed by atoms with E-state index >= 15 is 0 Å². The van der Waals surface area contributed by atoms with Crippen LogP contribution in [0.3, 0.4) is 0 Å².